The van der Waals surface area contributed by atoms with Crippen LogP contribution in [0.3, 0.4) is 0 Å². The van der Waals surface area contributed by atoms with Crippen LogP contribution in [0, 0.1) is 29.6 Å². The molecular formula is C33H25BrCl2N2O5S2. The number of fused-ring (bicyclic) bond motifs is 9. The van der Waals surface area contributed by atoms with E-state index in [9.17, 15) is 14.4 Å². The minimum atomic E-state index is -0.374. The van der Waals surface area contributed by atoms with Gasteiger partial charge in [-0.2, -0.15) is 0 Å². The first-order valence-electron chi connectivity index (χ1n) is 14.5. The maximum absolute atomic E-state index is 14.0. The van der Waals surface area contributed by atoms with E-state index in [4.69, 9.17) is 32.7 Å². The number of hydrogen-bond acceptors (Lipinski definition) is 7. The highest BCUT2D eigenvalue weighted by Crippen LogP contribution is 2.68. The van der Waals surface area contributed by atoms with Gasteiger partial charge in [0, 0.05) is 36.1 Å². The zero-order chi connectivity index (χ0) is 31.1. The fraction of sp³-hybridized carbons (Fsp3) is 0.303. The van der Waals surface area contributed by atoms with Crippen molar-refractivity contribution in [2.24, 2.45) is 29.6 Å². The third kappa shape index (κ3) is 4.70. The average molecular weight is 745 g/mol. The molecule has 1 N–H and O–H groups in total. The minimum Gasteiger partial charge on any atom is -0.493 e. The van der Waals surface area contributed by atoms with Gasteiger partial charge in [-0.3, -0.25) is 19.3 Å². The summed E-state index contributed by atoms with van der Waals surface area (Å²) >= 11 is 18.8. The van der Waals surface area contributed by atoms with E-state index in [-0.39, 0.29) is 64.1 Å². The van der Waals surface area contributed by atoms with E-state index in [1.165, 1.54) is 16.2 Å². The summed E-state index contributed by atoms with van der Waals surface area (Å²) in [6.07, 6.45) is 0.819. The largest absolute Gasteiger partial charge is 0.493 e. The quantitative estimate of drug-likeness (QED) is 0.203. The lowest BCUT2D eigenvalue weighted by molar-refractivity contribution is -0.123. The van der Waals surface area contributed by atoms with Crippen LogP contribution in [0.1, 0.15) is 28.3 Å². The molecule has 7 nitrogen and oxygen atoms in total. The highest BCUT2D eigenvalue weighted by atomic mass is 79.9. The SMILES string of the molecule is COc1cc(C2c3sc(=O)[nH]c3SC3C2[C@H]2C[C@@H]3C3C(=O)N(c4ccc(Br)cc4)C(=O)C32)ccc1OCc1ccc(Cl)cc1Cl. The number of halogens is 3. The highest BCUT2D eigenvalue weighted by molar-refractivity contribution is 9.10. The van der Waals surface area contributed by atoms with Crippen molar-refractivity contribution in [2.75, 3.05) is 12.0 Å². The molecule has 5 unspecified atom stereocenters. The Morgan fingerprint density at radius 3 is 2.44 bits per heavy atom. The number of hydrogen-bond donors (Lipinski definition) is 1. The summed E-state index contributed by atoms with van der Waals surface area (Å²) in [6.45, 7) is 0.234. The zero-order valence-electron chi connectivity index (χ0n) is 23.7. The van der Waals surface area contributed by atoms with E-state index in [1.807, 2.05) is 48.5 Å². The van der Waals surface area contributed by atoms with Gasteiger partial charge in [-0.1, -0.05) is 62.6 Å². The Morgan fingerprint density at radius 2 is 1.71 bits per heavy atom. The number of rotatable bonds is 6. The third-order valence-corrected chi connectivity index (χ3v) is 13.5. The normalized spacial score (nSPS) is 27.8. The molecule has 0 spiro atoms. The molecule has 45 heavy (non-hydrogen) atoms. The van der Waals surface area contributed by atoms with Gasteiger partial charge in [0.1, 0.15) is 6.61 Å². The van der Waals surface area contributed by atoms with Gasteiger partial charge < -0.3 is 14.5 Å². The molecule has 1 aromatic heterocycles. The second-order valence-electron chi connectivity index (χ2n) is 11.9. The molecule has 2 aliphatic heterocycles. The maximum atomic E-state index is 14.0. The standard InChI is InChI=1S/C33H25BrCl2N2O5S2/c1-42-23-10-14(3-9-22(23)43-13-15-2-6-17(35)11-21(15)36)24-25-19-12-20(28(25)44-30-29(24)45-33(41)37-30)27-26(19)31(39)38(32(27)40)18-7-4-16(34)5-8-18/h2-11,19-20,24-28H,12-13H2,1H3,(H,37,41)/t19-,20-,24?,25?,26?,27?,28?/m1/s1. The molecule has 3 heterocycles. The molecule has 12 heteroatoms. The third-order valence-electron chi connectivity index (χ3n) is 9.75. The number of nitrogens with one attached hydrogen (secondary N) is 1. The summed E-state index contributed by atoms with van der Waals surface area (Å²) in [5, 5.41) is 2.03. The van der Waals surface area contributed by atoms with Crippen LogP contribution in [0.15, 0.2) is 75.0 Å². The van der Waals surface area contributed by atoms with Gasteiger partial charge in [-0.25, -0.2) is 0 Å². The van der Waals surface area contributed by atoms with Crippen LogP contribution in [0.5, 0.6) is 11.5 Å². The maximum Gasteiger partial charge on any atom is 0.305 e. The molecule has 2 bridgehead atoms. The first-order valence-corrected chi connectivity index (χ1v) is 17.8. The first-order chi connectivity index (χ1) is 21.7. The summed E-state index contributed by atoms with van der Waals surface area (Å²) in [5.41, 5.74) is 2.39. The smallest absolute Gasteiger partial charge is 0.305 e. The van der Waals surface area contributed by atoms with E-state index in [0.717, 1.165) is 31.9 Å². The number of thiazole rings is 1. The van der Waals surface area contributed by atoms with Crippen molar-refractivity contribution in [2.45, 2.75) is 29.2 Å². The van der Waals surface area contributed by atoms with Gasteiger partial charge in [-0.05, 0) is 78.3 Å². The van der Waals surface area contributed by atoms with Crippen LogP contribution in [-0.4, -0.2) is 29.2 Å². The van der Waals surface area contributed by atoms with Crippen LogP contribution >= 0.6 is 62.2 Å². The number of carbonyl (C=O) groups excluding carboxylic acids is 2. The Morgan fingerprint density at radius 1 is 0.956 bits per heavy atom. The number of methoxy groups -OCH3 is 1. The van der Waals surface area contributed by atoms with Gasteiger partial charge >= 0.3 is 4.87 Å². The van der Waals surface area contributed by atoms with Crippen molar-refractivity contribution in [3.63, 3.8) is 0 Å². The second kappa shape index (κ2) is 11.2. The number of H-pyrrole nitrogens is 1. The molecule has 2 saturated carbocycles. The van der Waals surface area contributed by atoms with Crippen LogP contribution < -0.4 is 19.2 Å². The zero-order valence-corrected chi connectivity index (χ0v) is 28.4. The second-order valence-corrected chi connectivity index (χ2v) is 15.8. The van der Waals surface area contributed by atoms with Crippen LogP contribution in [0.4, 0.5) is 5.69 Å². The molecular weight excluding hydrogens is 719 g/mol. The Balaban J connectivity index is 1.14. The Bertz CT molecular complexity index is 1930. The van der Waals surface area contributed by atoms with Gasteiger partial charge in [0.05, 0.1) is 29.7 Å². The predicted octanol–water partition coefficient (Wildman–Crippen LogP) is 7.77. The number of anilines is 1. The van der Waals surface area contributed by atoms with E-state index in [1.54, 1.807) is 31.0 Å². The van der Waals surface area contributed by atoms with E-state index in [0.29, 0.717) is 27.2 Å². The molecule has 8 rings (SSSR count). The van der Waals surface area contributed by atoms with Gasteiger partial charge in [-0.15, -0.1) is 11.8 Å². The van der Waals surface area contributed by atoms with Crippen molar-refractivity contribution >= 4 is 79.7 Å². The predicted molar refractivity (Wildman–Crippen MR) is 179 cm³/mol. The number of carbonyl (C=O) groups is 2. The number of thioether (sulfide) groups is 1. The van der Waals surface area contributed by atoms with Crippen molar-refractivity contribution in [3.05, 3.63) is 101 Å². The Kier molecular flexibility index (Phi) is 7.37. The van der Waals surface area contributed by atoms with E-state index in [2.05, 4.69) is 20.9 Å². The first kappa shape index (κ1) is 29.6. The van der Waals surface area contributed by atoms with Crippen molar-refractivity contribution < 1.29 is 19.1 Å². The lowest BCUT2D eigenvalue weighted by Crippen LogP contribution is -2.42. The summed E-state index contributed by atoms with van der Waals surface area (Å²) in [7, 11) is 1.60. The van der Waals surface area contributed by atoms with Crippen molar-refractivity contribution in [3.8, 4) is 11.5 Å². The molecule has 4 aromatic rings. The number of nitrogens with zero attached hydrogens (tertiary/aromatic N) is 1. The van der Waals surface area contributed by atoms with Gasteiger partial charge in [0.15, 0.2) is 11.5 Å². The van der Waals surface area contributed by atoms with Gasteiger partial charge in [0.2, 0.25) is 11.8 Å². The number of aromatic amines is 1. The van der Waals surface area contributed by atoms with E-state index < -0.39 is 0 Å². The summed E-state index contributed by atoms with van der Waals surface area (Å²) in [6, 6.07) is 18.5. The molecule has 3 aromatic carbocycles. The monoisotopic (exact) mass is 742 g/mol. The number of ether oxygens (including phenoxy) is 2. The molecule has 0 radical (unpaired) electrons. The molecule has 230 valence electrons. The molecule has 7 atom stereocenters. The van der Waals surface area contributed by atoms with Crippen LogP contribution in [-0.2, 0) is 16.2 Å². The van der Waals surface area contributed by atoms with Gasteiger partial charge in [0.25, 0.3) is 0 Å². The molecule has 4 aliphatic rings. The highest BCUT2D eigenvalue weighted by Gasteiger charge is 2.69. The molecule has 1 saturated heterocycles. The number of benzene rings is 3. The summed E-state index contributed by atoms with van der Waals surface area (Å²) < 4.78 is 12.8. The van der Waals surface area contributed by atoms with Crippen LogP contribution in [0.25, 0.3) is 0 Å². The van der Waals surface area contributed by atoms with E-state index >= 15 is 0 Å². The average Bonchev–Trinajstić information content (AvgIpc) is 3.76. The van der Waals surface area contributed by atoms with Crippen molar-refractivity contribution in [1.82, 2.24) is 4.98 Å². The minimum absolute atomic E-state index is 0.0127. The fourth-order valence-corrected chi connectivity index (χ4v) is 11.6. The number of amides is 2. The molecule has 3 fully saturated rings. The Hall–Kier alpha value is -2.76. The topological polar surface area (TPSA) is 88.7 Å². The molecule has 2 amide bonds. The Labute approximate surface area is 285 Å². The number of imide groups is 1. The fourth-order valence-electron chi connectivity index (χ4n) is 8.03. The summed E-state index contributed by atoms with van der Waals surface area (Å²) in [5.74, 6) is 0.173. The summed E-state index contributed by atoms with van der Waals surface area (Å²) in [4.78, 5) is 45.8. The lowest BCUT2D eigenvalue weighted by Gasteiger charge is -2.43. The van der Waals surface area contributed by atoms with Crippen molar-refractivity contribution in [1.29, 1.82) is 0 Å². The van der Waals surface area contributed by atoms with Crippen LogP contribution in [0.2, 0.25) is 10.0 Å². The number of aromatic nitrogens is 1. The molecule has 2 aliphatic carbocycles. The lowest BCUT2D eigenvalue weighted by atomic mass is 9.68.